The number of primary amides is 1. The fourth-order valence-electron chi connectivity index (χ4n) is 2.87. The minimum absolute atomic E-state index is 0.00146. The van der Waals surface area contributed by atoms with Gasteiger partial charge in [0, 0.05) is 5.92 Å². The van der Waals surface area contributed by atoms with Gasteiger partial charge in [-0.1, -0.05) is 26.0 Å². The number of aromatic amines is 1. The van der Waals surface area contributed by atoms with Crippen LogP contribution < -0.4 is 11.4 Å². The Morgan fingerprint density at radius 2 is 1.96 bits per heavy atom. The predicted octanol–water partition coefficient (Wildman–Crippen LogP) is 2.25. The van der Waals surface area contributed by atoms with Gasteiger partial charge in [-0.2, -0.15) is 0 Å². The van der Waals surface area contributed by atoms with Crippen molar-refractivity contribution < 1.29 is 9.18 Å². The first-order chi connectivity index (χ1) is 12.0. The van der Waals surface area contributed by atoms with Crippen LogP contribution in [0, 0.1) is 5.82 Å². The number of benzene rings is 1. The number of nitrogens with zero attached hydrogens (tertiary/aromatic N) is 3. The van der Waals surface area contributed by atoms with Crippen LogP contribution in [-0.2, 0) is 0 Å². The monoisotopic (exact) mass is 343 g/mol. The lowest BCUT2D eigenvalue weighted by atomic mass is 10.0. The fourth-order valence-corrected chi connectivity index (χ4v) is 2.87. The summed E-state index contributed by atoms with van der Waals surface area (Å²) >= 11 is 0. The first-order valence-corrected chi connectivity index (χ1v) is 8.05. The van der Waals surface area contributed by atoms with Gasteiger partial charge in [0.1, 0.15) is 17.2 Å². The van der Waals surface area contributed by atoms with Crippen molar-refractivity contribution in [1.82, 2.24) is 19.5 Å². The molecule has 0 aliphatic heterocycles. The maximum Gasteiger partial charge on any atom is 0.332 e. The Hall–Kier alpha value is -3.03. The Labute approximate surface area is 142 Å². The highest BCUT2D eigenvalue weighted by atomic mass is 19.1. The molecule has 0 aliphatic rings. The lowest BCUT2D eigenvalue weighted by molar-refractivity contribution is 0.0996. The van der Waals surface area contributed by atoms with Crippen molar-refractivity contribution in [3.05, 3.63) is 52.1 Å². The molecule has 7 nitrogen and oxygen atoms in total. The van der Waals surface area contributed by atoms with E-state index in [1.165, 1.54) is 18.2 Å². The van der Waals surface area contributed by atoms with E-state index in [0.29, 0.717) is 5.82 Å². The predicted molar refractivity (Wildman–Crippen MR) is 91.3 cm³/mol. The molecule has 8 heteroatoms. The van der Waals surface area contributed by atoms with Crippen LogP contribution in [-0.4, -0.2) is 25.4 Å². The number of aromatic nitrogens is 4. The molecule has 0 radical (unpaired) electrons. The molecule has 3 aromatic rings. The third kappa shape index (κ3) is 2.79. The molecule has 0 atom stereocenters. The molecule has 0 aliphatic carbocycles. The Morgan fingerprint density at radius 3 is 2.56 bits per heavy atom. The molecule has 3 rings (SSSR count). The van der Waals surface area contributed by atoms with Crippen LogP contribution in [0.5, 0.6) is 0 Å². The molecule has 0 saturated carbocycles. The number of carbonyl (C=O) groups excluding carboxylic acids is 1. The molecule has 0 spiro atoms. The van der Waals surface area contributed by atoms with Crippen LogP contribution >= 0.6 is 0 Å². The smallest absolute Gasteiger partial charge is 0.332 e. The zero-order valence-corrected chi connectivity index (χ0v) is 13.9. The number of halogens is 1. The average molecular weight is 343 g/mol. The Morgan fingerprint density at radius 1 is 1.28 bits per heavy atom. The summed E-state index contributed by atoms with van der Waals surface area (Å²) in [7, 11) is 0. The lowest BCUT2D eigenvalue weighted by Gasteiger charge is -2.12. The fraction of sp³-hybridized carbons (Fsp3) is 0.294. The van der Waals surface area contributed by atoms with E-state index in [9.17, 15) is 14.0 Å². The molecule has 1 aromatic carbocycles. The molecular weight excluding hydrogens is 325 g/mol. The van der Waals surface area contributed by atoms with Crippen LogP contribution in [0.2, 0.25) is 0 Å². The van der Waals surface area contributed by atoms with E-state index >= 15 is 0 Å². The van der Waals surface area contributed by atoms with E-state index in [4.69, 9.17) is 5.73 Å². The molecule has 2 aromatic heterocycles. The van der Waals surface area contributed by atoms with Crippen molar-refractivity contribution >= 4 is 17.1 Å². The molecule has 2 heterocycles. The molecule has 0 saturated heterocycles. The Kier molecular flexibility index (Phi) is 4.35. The van der Waals surface area contributed by atoms with Gasteiger partial charge in [0.25, 0.3) is 5.91 Å². The zero-order valence-electron chi connectivity index (χ0n) is 13.9. The summed E-state index contributed by atoms with van der Waals surface area (Å²) < 4.78 is 15.3. The molecule has 0 unspecified atom stereocenters. The third-order valence-electron chi connectivity index (χ3n) is 4.23. The quantitative estimate of drug-likeness (QED) is 0.741. The molecule has 3 N–H and O–H groups in total. The van der Waals surface area contributed by atoms with Gasteiger partial charge in [-0.05, 0) is 25.0 Å². The number of fused-ring (bicyclic) bond motifs is 1. The second-order valence-electron chi connectivity index (χ2n) is 5.72. The van der Waals surface area contributed by atoms with Crippen LogP contribution in [0.15, 0.2) is 29.1 Å². The van der Waals surface area contributed by atoms with Gasteiger partial charge in [-0.3, -0.25) is 4.79 Å². The molecule has 25 heavy (non-hydrogen) atoms. The molecule has 0 fully saturated rings. The van der Waals surface area contributed by atoms with Gasteiger partial charge in [0.15, 0.2) is 11.3 Å². The third-order valence-corrected chi connectivity index (χ3v) is 4.23. The molecule has 0 bridgehead atoms. The van der Waals surface area contributed by atoms with E-state index in [1.807, 2.05) is 13.8 Å². The van der Waals surface area contributed by atoms with E-state index in [0.717, 1.165) is 17.4 Å². The van der Waals surface area contributed by atoms with E-state index in [1.54, 1.807) is 6.07 Å². The highest BCUT2D eigenvalue weighted by molar-refractivity contribution is 6.01. The maximum absolute atomic E-state index is 14.2. The van der Waals surface area contributed by atoms with Crippen molar-refractivity contribution in [3.8, 4) is 5.69 Å². The van der Waals surface area contributed by atoms with E-state index in [-0.39, 0.29) is 28.5 Å². The maximum atomic E-state index is 14.2. The second-order valence-corrected chi connectivity index (χ2v) is 5.72. The number of H-pyrrole nitrogens is 1. The number of nitrogens with two attached hydrogens (primary N) is 1. The zero-order chi connectivity index (χ0) is 18.1. The number of carbonyl (C=O) groups is 1. The number of rotatable bonds is 5. The van der Waals surface area contributed by atoms with Crippen molar-refractivity contribution in [1.29, 1.82) is 0 Å². The largest absolute Gasteiger partial charge is 0.364 e. The van der Waals surface area contributed by atoms with Gasteiger partial charge in [-0.15, -0.1) is 0 Å². The summed E-state index contributed by atoms with van der Waals surface area (Å²) in [6.45, 7) is 3.96. The summed E-state index contributed by atoms with van der Waals surface area (Å²) in [5, 5.41) is 0. The summed E-state index contributed by atoms with van der Waals surface area (Å²) in [4.78, 5) is 35.4. The van der Waals surface area contributed by atoms with Crippen LogP contribution in [0.3, 0.4) is 0 Å². The van der Waals surface area contributed by atoms with Gasteiger partial charge < -0.3 is 10.7 Å². The number of amides is 1. The summed E-state index contributed by atoms with van der Waals surface area (Å²) in [6.07, 6.45) is 1.52. The van der Waals surface area contributed by atoms with Crippen molar-refractivity contribution in [2.45, 2.75) is 32.6 Å². The van der Waals surface area contributed by atoms with Crippen LogP contribution in [0.4, 0.5) is 4.39 Å². The average Bonchev–Trinajstić information content (AvgIpc) is 2.91. The normalized spacial score (nSPS) is 11.4. The number of imidazole rings is 1. The lowest BCUT2D eigenvalue weighted by Crippen LogP contribution is -2.17. The van der Waals surface area contributed by atoms with Gasteiger partial charge in [0.05, 0.1) is 5.69 Å². The second kappa shape index (κ2) is 6.46. The molecular formula is C17H18FN5O2. The number of nitrogens with one attached hydrogen (secondary N) is 1. The Balaban J connectivity index is 2.40. The minimum Gasteiger partial charge on any atom is -0.364 e. The number of hydrogen-bond acceptors (Lipinski definition) is 4. The van der Waals surface area contributed by atoms with Crippen LogP contribution in [0.1, 0.15) is 48.9 Å². The summed E-state index contributed by atoms with van der Waals surface area (Å²) in [5.74, 6) is -0.938. The minimum atomic E-state index is -0.776. The highest BCUT2D eigenvalue weighted by Crippen LogP contribution is 2.24. The standard InChI is InChI=1S/C17H18FN5O2/c1-3-9(4-2)15-20-12(14(19)24)13-16(22-15)23(17(25)21-13)11-8-6-5-7-10(11)18/h5-9H,3-4H2,1-2H3,(H2,19,24)(H,21,25). The highest BCUT2D eigenvalue weighted by Gasteiger charge is 2.22. The number of para-hydroxylation sites is 1. The van der Waals surface area contributed by atoms with Gasteiger partial charge in [0.2, 0.25) is 0 Å². The first-order valence-electron chi connectivity index (χ1n) is 8.05. The number of hydrogen-bond donors (Lipinski definition) is 2. The molecule has 130 valence electrons. The molecule has 1 amide bonds. The van der Waals surface area contributed by atoms with E-state index < -0.39 is 17.4 Å². The summed E-state index contributed by atoms with van der Waals surface area (Å²) in [5.41, 5.74) is 5.03. The van der Waals surface area contributed by atoms with Gasteiger partial charge >= 0.3 is 5.69 Å². The van der Waals surface area contributed by atoms with Gasteiger partial charge in [-0.25, -0.2) is 23.7 Å². The van der Waals surface area contributed by atoms with Crippen LogP contribution in [0.25, 0.3) is 16.9 Å². The van der Waals surface area contributed by atoms with Crippen molar-refractivity contribution in [2.75, 3.05) is 0 Å². The summed E-state index contributed by atoms with van der Waals surface area (Å²) in [6, 6.07) is 5.85. The SMILES string of the molecule is CCC(CC)c1nc(C(N)=O)c2[nH]c(=O)n(-c3ccccc3F)c2n1. The topological polar surface area (TPSA) is 107 Å². The van der Waals surface area contributed by atoms with Crippen molar-refractivity contribution in [2.24, 2.45) is 5.73 Å². The Bertz CT molecular complexity index is 1000. The first kappa shape index (κ1) is 16.8. The van der Waals surface area contributed by atoms with Crippen molar-refractivity contribution in [3.63, 3.8) is 0 Å². The van der Waals surface area contributed by atoms with E-state index in [2.05, 4.69) is 15.0 Å².